The molecule has 0 saturated carbocycles. The minimum absolute atomic E-state index is 0.248. The summed E-state index contributed by atoms with van der Waals surface area (Å²) >= 11 is 0. The molecule has 31 heavy (non-hydrogen) atoms. The van der Waals surface area contributed by atoms with Crippen LogP contribution < -0.4 is 10.6 Å². The number of halogens is 3. The van der Waals surface area contributed by atoms with E-state index in [1.807, 2.05) is 12.1 Å². The smallest absolute Gasteiger partial charge is 0.385 e. The maximum Gasteiger partial charge on any atom is 0.423 e. The Bertz CT molecular complexity index is 801. The first-order chi connectivity index (χ1) is 14.9. The summed E-state index contributed by atoms with van der Waals surface area (Å²) in [7, 11) is 0. The monoisotopic (exact) mass is 438 g/mol. The largest absolute Gasteiger partial charge is 0.423 e. The SMILES string of the molecule is O=[N+]([O-])c1ccc(NCCCCCCCCCCNc2ccncc2)cc1C(F)(F)F. The molecular weight excluding hydrogens is 409 g/mol. The first-order valence-corrected chi connectivity index (χ1v) is 10.6. The zero-order valence-corrected chi connectivity index (χ0v) is 17.5. The van der Waals surface area contributed by atoms with Crippen LogP contribution in [0.4, 0.5) is 30.2 Å². The number of alkyl halides is 3. The van der Waals surface area contributed by atoms with Crippen LogP contribution in [0.25, 0.3) is 0 Å². The quantitative estimate of drug-likeness (QED) is 0.196. The van der Waals surface area contributed by atoms with E-state index in [-0.39, 0.29) is 5.69 Å². The molecule has 2 N–H and O–H groups in total. The summed E-state index contributed by atoms with van der Waals surface area (Å²) in [5, 5.41) is 17.1. The number of nitrogens with one attached hydrogen (secondary N) is 2. The number of unbranched alkanes of at least 4 members (excludes halogenated alkanes) is 7. The summed E-state index contributed by atoms with van der Waals surface area (Å²) in [6.07, 6.45) is 7.53. The van der Waals surface area contributed by atoms with E-state index in [4.69, 9.17) is 0 Å². The third-order valence-corrected chi connectivity index (χ3v) is 4.94. The van der Waals surface area contributed by atoms with Gasteiger partial charge in [0.05, 0.1) is 4.92 Å². The summed E-state index contributed by atoms with van der Waals surface area (Å²) in [5.41, 5.74) is -0.810. The molecule has 0 aliphatic heterocycles. The van der Waals surface area contributed by atoms with E-state index in [2.05, 4.69) is 15.6 Å². The van der Waals surface area contributed by atoms with E-state index >= 15 is 0 Å². The highest BCUT2D eigenvalue weighted by Crippen LogP contribution is 2.37. The predicted octanol–water partition coefficient (Wildman–Crippen LogP) is 6.65. The van der Waals surface area contributed by atoms with Crippen molar-refractivity contribution >= 4 is 17.1 Å². The Hall–Kier alpha value is -2.84. The third-order valence-electron chi connectivity index (χ3n) is 4.94. The predicted molar refractivity (Wildman–Crippen MR) is 116 cm³/mol. The number of hydrogen-bond donors (Lipinski definition) is 2. The van der Waals surface area contributed by atoms with Crippen LogP contribution in [-0.2, 0) is 6.18 Å². The molecule has 0 aliphatic rings. The van der Waals surface area contributed by atoms with Crippen molar-refractivity contribution in [2.24, 2.45) is 0 Å². The summed E-state index contributed by atoms with van der Waals surface area (Å²) in [4.78, 5) is 13.7. The van der Waals surface area contributed by atoms with Gasteiger partial charge in [0.25, 0.3) is 5.69 Å². The highest BCUT2D eigenvalue weighted by Gasteiger charge is 2.38. The number of aromatic nitrogens is 1. The van der Waals surface area contributed by atoms with Gasteiger partial charge in [-0.15, -0.1) is 0 Å². The van der Waals surface area contributed by atoms with E-state index in [1.54, 1.807) is 12.4 Å². The number of nitro groups is 1. The van der Waals surface area contributed by atoms with Gasteiger partial charge in [0, 0.05) is 42.9 Å². The topological polar surface area (TPSA) is 80.1 Å². The lowest BCUT2D eigenvalue weighted by atomic mass is 10.1. The van der Waals surface area contributed by atoms with Crippen LogP contribution in [0.2, 0.25) is 0 Å². The van der Waals surface area contributed by atoms with E-state index < -0.39 is 22.4 Å². The van der Waals surface area contributed by atoms with Crippen LogP contribution >= 0.6 is 0 Å². The van der Waals surface area contributed by atoms with Gasteiger partial charge in [-0.2, -0.15) is 13.2 Å². The summed E-state index contributed by atoms with van der Waals surface area (Å²) in [6.45, 7) is 1.49. The van der Waals surface area contributed by atoms with E-state index in [1.165, 1.54) is 25.3 Å². The molecule has 1 aromatic carbocycles. The zero-order chi connectivity index (χ0) is 22.5. The van der Waals surface area contributed by atoms with Crippen molar-refractivity contribution in [3.63, 3.8) is 0 Å². The third kappa shape index (κ3) is 9.23. The minimum atomic E-state index is -4.75. The molecule has 0 bridgehead atoms. The molecule has 1 heterocycles. The number of anilines is 2. The lowest BCUT2D eigenvalue weighted by Gasteiger charge is -2.11. The fraction of sp³-hybridized carbons (Fsp3) is 0.500. The number of nitrogens with zero attached hydrogens (tertiary/aromatic N) is 2. The molecule has 0 fully saturated rings. The molecule has 0 atom stereocenters. The molecule has 0 spiro atoms. The average molecular weight is 438 g/mol. The van der Waals surface area contributed by atoms with E-state index in [9.17, 15) is 23.3 Å². The van der Waals surface area contributed by atoms with Gasteiger partial charge >= 0.3 is 6.18 Å². The summed E-state index contributed by atoms with van der Waals surface area (Å²) < 4.78 is 39.0. The Morgan fingerprint density at radius 3 is 1.84 bits per heavy atom. The normalized spacial score (nSPS) is 11.3. The molecule has 1 aromatic heterocycles. The second-order valence-electron chi connectivity index (χ2n) is 7.40. The molecule has 0 radical (unpaired) electrons. The van der Waals surface area contributed by atoms with Crippen molar-refractivity contribution in [3.05, 3.63) is 58.4 Å². The maximum atomic E-state index is 13.0. The van der Waals surface area contributed by atoms with Crippen molar-refractivity contribution in [1.29, 1.82) is 0 Å². The fourth-order valence-electron chi connectivity index (χ4n) is 3.28. The van der Waals surface area contributed by atoms with Crippen LogP contribution in [0, 0.1) is 10.1 Å². The standard InChI is InChI=1S/C22H29F3N4O2/c23-22(24,25)20-17-19(9-10-21(20)29(30)31)28-14-8-6-4-2-1-3-5-7-13-27-18-11-15-26-16-12-18/h9-12,15-17,28H,1-8,13-14H2,(H,26,27). The van der Waals surface area contributed by atoms with Gasteiger partial charge < -0.3 is 10.6 Å². The van der Waals surface area contributed by atoms with Crippen LogP contribution in [-0.4, -0.2) is 23.0 Å². The van der Waals surface area contributed by atoms with Crippen LogP contribution in [0.3, 0.4) is 0 Å². The van der Waals surface area contributed by atoms with Crippen molar-refractivity contribution in [1.82, 2.24) is 4.98 Å². The van der Waals surface area contributed by atoms with Gasteiger partial charge in [-0.1, -0.05) is 38.5 Å². The molecule has 0 aliphatic carbocycles. The first-order valence-electron chi connectivity index (χ1n) is 10.6. The molecule has 0 unspecified atom stereocenters. The van der Waals surface area contributed by atoms with Crippen molar-refractivity contribution in [3.8, 4) is 0 Å². The second kappa shape index (κ2) is 12.8. The van der Waals surface area contributed by atoms with Gasteiger partial charge in [-0.25, -0.2) is 0 Å². The van der Waals surface area contributed by atoms with Crippen LogP contribution in [0.1, 0.15) is 56.9 Å². The highest BCUT2D eigenvalue weighted by molar-refractivity contribution is 5.55. The van der Waals surface area contributed by atoms with Gasteiger partial charge in [0.1, 0.15) is 5.56 Å². The Morgan fingerprint density at radius 2 is 1.32 bits per heavy atom. The molecular formula is C22H29F3N4O2. The number of pyridine rings is 1. The zero-order valence-electron chi connectivity index (χ0n) is 17.5. The molecule has 0 amide bonds. The average Bonchev–Trinajstić information content (AvgIpc) is 2.74. The molecule has 2 rings (SSSR count). The van der Waals surface area contributed by atoms with Gasteiger partial charge in [-0.3, -0.25) is 15.1 Å². The Morgan fingerprint density at radius 1 is 0.806 bits per heavy atom. The van der Waals surface area contributed by atoms with Crippen LogP contribution in [0.5, 0.6) is 0 Å². The molecule has 6 nitrogen and oxygen atoms in total. The maximum absolute atomic E-state index is 13.0. The number of rotatable bonds is 14. The lowest BCUT2D eigenvalue weighted by Crippen LogP contribution is -2.10. The van der Waals surface area contributed by atoms with Crippen molar-refractivity contribution in [2.45, 2.75) is 57.5 Å². The lowest BCUT2D eigenvalue weighted by molar-refractivity contribution is -0.388. The second-order valence-corrected chi connectivity index (χ2v) is 7.40. The Kier molecular flexibility index (Phi) is 10.1. The highest BCUT2D eigenvalue weighted by atomic mass is 19.4. The fourth-order valence-corrected chi connectivity index (χ4v) is 3.28. The molecule has 9 heteroatoms. The molecule has 170 valence electrons. The van der Waals surface area contributed by atoms with E-state index in [0.717, 1.165) is 56.5 Å². The Labute approximate surface area is 180 Å². The van der Waals surface area contributed by atoms with Crippen molar-refractivity contribution < 1.29 is 18.1 Å². The van der Waals surface area contributed by atoms with Gasteiger partial charge in [-0.05, 0) is 37.1 Å². The summed E-state index contributed by atoms with van der Waals surface area (Å²) in [5.74, 6) is 0. The first kappa shape index (κ1) is 24.4. The minimum Gasteiger partial charge on any atom is -0.385 e. The number of benzene rings is 1. The summed E-state index contributed by atoms with van der Waals surface area (Å²) in [6, 6.07) is 6.92. The van der Waals surface area contributed by atoms with Crippen molar-refractivity contribution in [2.75, 3.05) is 23.7 Å². The molecule has 0 saturated heterocycles. The Balaban J connectivity index is 1.51. The molecule has 2 aromatic rings. The van der Waals surface area contributed by atoms with Crippen LogP contribution in [0.15, 0.2) is 42.7 Å². The van der Waals surface area contributed by atoms with Gasteiger partial charge in [0.15, 0.2) is 0 Å². The number of hydrogen-bond acceptors (Lipinski definition) is 5. The number of nitro benzene ring substituents is 1. The van der Waals surface area contributed by atoms with E-state index in [0.29, 0.717) is 6.54 Å². The van der Waals surface area contributed by atoms with Gasteiger partial charge in [0.2, 0.25) is 0 Å².